The Morgan fingerprint density at radius 3 is 2.50 bits per heavy atom. The predicted octanol–water partition coefficient (Wildman–Crippen LogP) is -4.76. The van der Waals surface area contributed by atoms with Gasteiger partial charge in [-0.05, 0) is 0 Å². The molecule has 6 heteroatoms. The van der Waals surface area contributed by atoms with Crippen molar-refractivity contribution in [1.82, 2.24) is 15.2 Å². The minimum absolute atomic E-state index is 0. The number of nitrogens with zero attached hydrogens (tertiary/aromatic N) is 3. The summed E-state index contributed by atoms with van der Waals surface area (Å²) >= 11 is 0. The zero-order valence-electron chi connectivity index (χ0n) is 5.31. The van der Waals surface area contributed by atoms with Gasteiger partial charge >= 0.3 is 29.6 Å². The molecule has 46 valence electrons. The van der Waals surface area contributed by atoms with Gasteiger partial charge in [-0.15, -0.1) is 5.10 Å². The molecule has 0 bridgehead atoms. The van der Waals surface area contributed by atoms with Crippen LogP contribution in [0.3, 0.4) is 0 Å². The molecular weight excluding hydrogens is 145 g/mol. The first kappa shape index (κ1) is 9.48. The van der Waals surface area contributed by atoms with Crippen molar-refractivity contribution in [3.8, 4) is 0 Å². The molecule has 0 atom stereocenters. The maximum absolute atomic E-state index is 9.92. The standard InChI is InChI=1S/C4H3N3O2.Na/c8-4(9)3-5-1-2-6-7-3;/h1-2H,(H,8,9);/q;+1/p-1. The summed E-state index contributed by atoms with van der Waals surface area (Å²) in [6.45, 7) is 0. The number of aromatic nitrogens is 3. The van der Waals surface area contributed by atoms with Gasteiger partial charge in [0, 0.05) is 6.20 Å². The van der Waals surface area contributed by atoms with E-state index in [9.17, 15) is 9.90 Å². The van der Waals surface area contributed by atoms with Gasteiger partial charge in [0.05, 0.1) is 6.20 Å². The maximum atomic E-state index is 9.92. The van der Waals surface area contributed by atoms with E-state index in [2.05, 4.69) is 15.2 Å². The SMILES string of the molecule is O=C([O-])c1nccnn1.[Na+]. The van der Waals surface area contributed by atoms with Crippen LogP contribution in [0.2, 0.25) is 0 Å². The van der Waals surface area contributed by atoms with Crippen LogP contribution in [0.4, 0.5) is 0 Å². The first-order valence-electron chi connectivity index (χ1n) is 2.16. The Balaban J connectivity index is 0.000000810. The minimum Gasteiger partial charge on any atom is -0.541 e. The van der Waals surface area contributed by atoms with E-state index in [1.54, 1.807) is 0 Å². The summed E-state index contributed by atoms with van der Waals surface area (Å²) in [7, 11) is 0. The zero-order chi connectivity index (χ0) is 6.69. The van der Waals surface area contributed by atoms with Crippen LogP contribution in [-0.2, 0) is 0 Å². The van der Waals surface area contributed by atoms with E-state index in [0.29, 0.717) is 0 Å². The van der Waals surface area contributed by atoms with Crippen molar-refractivity contribution in [3.05, 3.63) is 18.2 Å². The third-order valence-corrected chi connectivity index (χ3v) is 0.665. The smallest absolute Gasteiger partial charge is 0.541 e. The average Bonchev–Trinajstić information content (AvgIpc) is 1.90. The van der Waals surface area contributed by atoms with Crippen molar-refractivity contribution in [2.75, 3.05) is 0 Å². The van der Waals surface area contributed by atoms with Crippen LogP contribution in [0.1, 0.15) is 10.6 Å². The molecule has 0 spiro atoms. The van der Waals surface area contributed by atoms with Gasteiger partial charge in [0.25, 0.3) is 0 Å². The van der Waals surface area contributed by atoms with E-state index >= 15 is 0 Å². The first-order valence-corrected chi connectivity index (χ1v) is 2.16. The summed E-state index contributed by atoms with van der Waals surface area (Å²) in [6.07, 6.45) is 2.52. The molecule has 1 aromatic rings. The Kier molecular flexibility index (Phi) is 4.10. The number of hydrogen-bond acceptors (Lipinski definition) is 5. The quantitative estimate of drug-likeness (QED) is 0.372. The molecule has 0 N–H and O–H groups in total. The number of rotatable bonds is 1. The molecule has 1 heterocycles. The van der Waals surface area contributed by atoms with Crippen LogP contribution in [0.25, 0.3) is 0 Å². The number of carbonyl (C=O) groups excluding carboxylic acids is 1. The summed E-state index contributed by atoms with van der Waals surface area (Å²) in [5.74, 6) is -1.81. The molecule has 0 saturated heterocycles. The molecule has 0 fully saturated rings. The van der Waals surface area contributed by atoms with Crippen molar-refractivity contribution in [3.63, 3.8) is 0 Å². The molecule has 0 radical (unpaired) electrons. The van der Waals surface area contributed by atoms with E-state index in [0.717, 1.165) is 0 Å². The van der Waals surface area contributed by atoms with E-state index in [1.807, 2.05) is 0 Å². The second-order valence-electron chi connectivity index (χ2n) is 1.25. The summed E-state index contributed by atoms with van der Waals surface area (Å²) in [4.78, 5) is 13.3. The van der Waals surface area contributed by atoms with E-state index in [1.165, 1.54) is 12.4 Å². The maximum Gasteiger partial charge on any atom is 1.00 e. The molecule has 5 nitrogen and oxygen atoms in total. The number of carboxylic acid groups (broad SMARTS) is 1. The zero-order valence-corrected chi connectivity index (χ0v) is 7.31. The fraction of sp³-hybridized carbons (Fsp3) is 0. The molecule has 0 unspecified atom stereocenters. The first-order chi connectivity index (χ1) is 4.30. The van der Waals surface area contributed by atoms with Crippen LogP contribution in [0.5, 0.6) is 0 Å². The van der Waals surface area contributed by atoms with Gasteiger partial charge in [-0.25, -0.2) is 4.98 Å². The fourth-order valence-corrected chi connectivity index (χ4v) is 0.341. The molecule has 0 saturated carbocycles. The van der Waals surface area contributed by atoms with Crippen molar-refractivity contribution in [2.45, 2.75) is 0 Å². The summed E-state index contributed by atoms with van der Waals surface area (Å²) in [5.41, 5.74) is 0. The molecule has 0 amide bonds. The Hall–Kier alpha value is -0.520. The van der Waals surface area contributed by atoms with Gasteiger partial charge < -0.3 is 9.90 Å². The largest absolute Gasteiger partial charge is 1.00 e. The molecule has 0 aliphatic carbocycles. The second kappa shape index (κ2) is 4.32. The Bertz CT molecular complexity index is 215. The topological polar surface area (TPSA) is 78.8 Å². The Morgan fingerprint density at radius 1 is 1.50 bits per heavy atom. The molecule has 0 aliphatic heterocycles. The van der Waals surface area contributed by atoms with Crippen molar-refractivity contribution < 1.29 is 39.5 Å². The summed E-state index contributed by atoms with van der Waals surface area (Å²) in [6, 6.07) is 0. The van der Waals surface area contributed by atoms with Crippen molar-refractivity contribution >= 4 is 5.97 Å². The van der Waals surface area contributed by atoms with E-state index in [4.69, 9.17) is 0 Å². The van der Waals surface area contributed by atoms with Crippen molar-refractivity contribution in [2.24, 2.45) is 0 Å². The molecule has 10 heavy (non-hydrogen) atoms. The van der Waals surface area contributed by atoms with Gasteiger partial charge in [0.1, 0.15) is 5.97 Å². The fourth-order valence-electron chi connectivity index (χ4n) is 0.341. The molecular formula is C4H2N3NaO2. The van der Waals surface area contributed by atoms with Gasteiger partial charge in [0.2, 0.25) is 0 Å². The predicted molar refractivity (Wildman–Crippen MR) is 24.2 cm³/mol. The van der Waals surface area contributed by atoms with Crippen LogP contribution in [-0.4, -0.2) is 21.2 Å². The monoisotopic (exact) mass is 147 g/mol. The number of carboxylic acids is 1. The summed E-state index contributed by atoms with van der Waals surface area (Å²) in [5, 5.41) is 16.4. The van der Waals surface area contributed by atoms with Crippen LogP contribution in [0, 0.1) is 0 Å². The third kappa shape index (κ3) is 2.38. The van der Waals surface area contributed by atoms with Crippen LogP contribution >= 0.6 is 0 Å². The normalized spacial score (nSPS) is 8.00. The van der Waals surface area contributed by atoms with Crippen LogP contribution in [0.15, 0.2) is 12.4 Å². The Labute approximate surface area is 78.8 Å². The van der Waals surface area contributed by atoms with Gasteiger partial charge in [0.15, 0.2) is 5.82 Å². The Morgan fingerprint density at radius 2 is 2.20 bits per heavy atom. The molecule has 1 aromatic heterocycles. The summed E-state index contributed by atoms with van der Waals surface area (Å²) < 4.78 is 0. The third-order valence-electron chi connectivity index (χ3n) is 0.665. The molecule has 0 aliphatic rings. The van der Waals surface area contributed by atoms with Crippen molar-refractivity contribution in [1.29, 1.82) is 0 Å². The number of carbonyl (C=O) groups is 1. The van der Waals surface area contributed by atoms with Gasteiger partial charge in [-0.1, -0.05) is 0 Å². The molecule has 1 rings (SSSR count). The van der Waals surface area contributed by atoms with E-state index in [-0.39, 0.29) is 29.6 Å². The van der Waals surface area contributed by atoms with Gasteiger partial charge in [-0.2, -0.15) is 5.10 Å². The number of aromatic carboxylic acids is 1. The van der Waals surface area contributed by atoms with Crippen LogP contribution < -0.4 is 34.7 Å². The minimum atomic E-state index is -1.41. The van der Waals surface area contributed by atoms with E-state index < -0.39 is 11.8 Å². The second-order valence-corrected chi connectivity index (χ2v) is 1.25. The van der Waals surface area contributed by atoms with Gasteiger partial charge in [-0.3, -0.25) is 0 Å². The number of hydrogen-bond donors (Lipinski definition) is 0. The average molecular weight is 147 g/mol. The molecule has 0 aromatic carbocycles.